The molecule has 1 saturated carbocycles. The van der Waals surface area contributed by atoms with Gasteiger partial charge in [0.2, 0.25) is 0 Å². The van der Waals surface area contributed by atoms with Crippen molar-refractivity contribution in [2.45, 2.75) is 37.8 Å². The van der Waals surface area contributed by atoms with E-state index < -0.39 is 0 Å². The highest BCUT2D eigenvalue weighted by Crippen LogP contribution is 2.33. The molecule has 2 atom stereocenters. The normalized spacial score (nSPS) is 39.0. The lowest BCUT2D eigenvalue weighted by atomic mass is 9.78. The molecule has 2 nitrogen and oxygen atoms in total. The van der Waals surface area contributed by atoms with Gasteiger partial charge in [0, 0.05) is 13.2 Å². The van der Waals surface area contributed by atoms with Crippen molar-refractivity contribution < 1.29 is 4.74 Å². The van der Waals surface area contributed by atoms with Gasteiger partial charge in [0.05, 0.1) is 6.10 Å². The van der Waals surface area contributed by atoms with Gasteiger partial charge < -0.3 is 10.1 Å². The first-order chi connectivity index (χ1) is 5.42. The van der Waals surface area contributed by atoms with Crippen LogP contribution < -0.4 is 5.32 Å². The maximum absolute atomic E-state index is 5.42. The van der Waals surface area contributed by atoms with Crippen molar-refractivity contribution in [3.8, 4) is 0 Å². The standard InChI is InChI=1S/C9H17NO/c1-11-8-5-6-10-9(8)7-3-2-4-7/h7-10H,2-6H2,1H3. The van der Waals surface area contributed by atoms with Crippen molar-refractivity contribution in [1.82, 2.24) is 5.32 Å². The molecule has 11 heavy (non-hydrogen) atoms. The number of hydrogen-bond donors (Lipinski definition) is 1. The van der Waals surface area contributed by atoms with Crippen LogP contribution in [-0.2, 0) is 4.74 Å². The Morgan fingerprint density at radius 3 is 2.64 bits per heavy atom. The lowest BCUT2D eigenvalue weighted by molar-refractivity contribution is 0.0560. The van der Waals surface area contributed by atoms with E-state index in [0.717, 1.165) is 12.5 Å². The Balaban J connectivity index is 1.89. The summed E-state index contributed by atoms with van der Waals surface area (Å²) in [6, 6.07) is 0.675. The van der Waals surface area contributed by atoms with Crippen molar-refractivity contribution in [3.05, 3.63) is 0 Å². The van der Waals surface area contributed by atoms with Crippen molar-refractivity contribution in [2.24, 2.45) is 5.92 Å². The van der Waals surface area contributed by atoms with Gasteiger partial charge in [0.25, 0.3) is 0 Å². The second-order valence-corrected chi connectivity index (χ2v) is 3.73. The molecule has 1 N–H and O–H groups in total. The molecule has 2 fully saturated rings. The third-order valence-electron chi connectivity index (χ3n) is 3.17. The molecule has 0 bridgehead atoms. The van der Waals surface area contributed by atoms with Crippen molar-refractivity contribution in [3.63, 3.8) is 0 Å². The van der Waals surface area contributed by atoms with Crippen LogP contribution in [0.15, 0.2) is 0 Å². The van der Waals surface area contributed by atoms with Crippen LogP contribution in [0.1, 0.15) is 25.7 Å². The third-order valence-corrected chi connectivity index (χ3v) is 3.17. The van der Waals surface area contributed by atoms with Gasteiger partial charge in [-0.05, 0) is 31.7 Å². The van der Waals surface area contributed by atoms with E-state index in [0.29, 0.717) is 12.1 Å². The highest BCUT2D eigenvalue weighted by atomic mass is 16.5. The van der Waals surface area contributed by atoms with Crippen LogP contribution in [0.5, 0.6) is 0 Å². The maximum atomic E-state index is 5.42. The monoisotopic (exact) mass is 155 g/mol. The first-order valence-electron chi connectivity index (χ1n) is 4.68. The summed E-state index contributed by atoms with van der Waals surface area (Å²) in [6.45, 7) is 1.15. The number of rotatable bonds is 2. The fourth-order valence-electron chi connectivity index (χ4n) is 2.24. The van der Waals surface area contributed by atoms with Crippen LogP contribution in [0.3, 0.4) is 0 Å². The van der Waals surface area contributed by atoms with Crippen LogP contribution in [0.4, 0.5) is 0 Å². The van der Waals surface area contributed by atoms with Crippen molar-refractivity contribution >= 4 is 0 Å². The minimum atomic E-state index is 0.500. The van der Waals surface area contributed by atoms with Gasteiger partial charge in [-0.3, -0.25) is 0 Å². The minimum Gasteiger partial charge on any atom is -0.380 e. The molecular formula is C9H17NO. The summed E-state index contributed by atoms with van der Waals surface area (Å²) in [5.41, 5.74) is 0. The molecule has 0 radical (unpaired) electrons. The highest BCUT2D eigenvalue weighted by Gasteiger charge is 2.36. The quantitative estimate of drug-likeness (QED) is 0.646. The van der Waals surface area contributed by atoms with E-state index >= 15 is 0 Å². The molecule has 0 aromatic heterocycles. The van der Waals surface area contributed by atoms with E-state index in [-0.39, 0.29) is 0 Å². The molecule has 2 aliphatic rings. The summed E-state index contributed by atoms with van der Waals surface area (Å²) >= 11 is 0. The van der Waals surface area contributed by atoms with E-state index in [1.807, 2.05) is 7.11 Å². The van der Waals surface area contributed by atoms with Crippen LogP contribution in [0, 0.1) is 5.92 Å². The largest absolute Gasteiger partial charge is 0.380 e. The molecule has 0 spiro atoms. The van der Waals surface area contributed by atoms with Gasteiger partial charge >= 0.3 is 0 Å². The van der Waals surface area contributed by atoms with Crippen LogP contribution in [0.2, 0.25) is 0 Å². The molecule has 2 heteroatoms. The van der Waals surface area contributed by atoms with Crippen LogP contribution in [-0.4, -0.2) is 25.8 Å². The van der Waals surface area contributed by atoms with E-state index in [1.54, 1.807) is 0 Å². The summed E-state index contributed by atoms with van der Waals surface area (Å²) < 4.78 is 5.42. The fourth-order valence-corrected chi connectivity index (χ4v) is 2.24. The van der Waals surface area contributed by atoms with Crippen molar-refractivity contribution in [1.29, 1.82) is 0 Å². The molecule has 0 amide bonds. The molecule has 2 rings (SSSR count). The third kappa shape index (κ3) is 1.30. The van der Waals surface area contributed by atoms with Crippen LogP contribution in [0.25, 0.3) is 0 Å². The number of ether oxygens (including phenoxy) is 1. The van der Waals surface area contributed by atoms with Gasteiger partial charge in [-0.15, -0.1) is 0 Å². The molecule has 0 aromatic carbocycles. The predicted molar refractivity (Wildman–Crippen MR) is 44.5 cm³/mol. The number of nitrogens with one attached hydrogen (secondary N) is 1. The molecule has 1 heterocycles. The van der Waals surface area contributed by atoms with Gasteiger partial charge in [-0.25, -0.2) is 0 Å². The molecule has 2 unspecified atom stereocenters. The molecule has 64 valence electrons. The zero-order chi connectivity index (χ0) is 7.68. The second kappa shape index (κ2) is 3.11. The van der Waals surface area contributed by atoms with Gasteiger partial charge in [-0.1, -0.05) is 6.42 Å². The number of methoxy groups -OCH3 is 1. The summed E-state index contributed by atoms with van der Waals surface area (Å²) in [6.07, 6.45) is 5.96. The highest BCUT2D eigenvalue weighted by molar-refractivity contribution is 4.92. The Hall–Kier alpha value is -0.0800. The summed E-state index contributed by atoms with van der Waals surface area (Å²) in [4.78, 5) is 0. The Kier molecular flexibility index (Phi) is 2.14. The maximum Gasteiger partial charge on any atom is 0.0739 e. The van der Waals surface area contributed by atoms with Gasteiger partial charge in [0.1, 0.15) is 0 Å². The van der Waals surface area contributed by atoms with Gasteiger partial charge in [0.15, 0.2) is 0 Å². The number of hydrogen-bond acceptors (Lipinski definition) is 2. The summed E-state index contributed by atoms with van der Waals surface area (Å²) in [7, 11) is 1.84. The van der Waals surface area contributed by atoms with E-state index in [2.05, 4.69) is 5.32 Å². The molecule has 1 aliphatic heterocycles. The zero-order valence-electron chi connectivity index (χ0n) is 7.18. The van der Waals surface area contributed by atoms with Crippen molar-refractivity contribution in [2.75, 3.05) is 13.7 Å². The Labute approximate surface area is 68.3 Å². The average molecular weight is 155 g/mol. The lowest BCUT2D eigenvalue weighted by Crippen LogP contribution is -2.41. The smallest absolute Gasteiger partial charge is 0.0739 e. The van der Waals surface area contributed by atoms with E-state index in [9.17, 15) is 0 Å². The van der Waals surface area contributed by atoms with E-state index in [1.165, 1.54) is 25.7 Å². The Morgan fingerprint density at radius 1 is 1.27 bits per heavy atom. The lowest BCUT2D eigenvalue weighted by Gasteiger charge is -2.34. The second-order valence-electron chi connectivity index (χ2n) is 3.73. The first kappa shape index (κ1) is 7.56. The average Bonchev–Trinajstić information content (AvgIpc) is 2.32. The fraction of sp³-hybridized carbons (Fsp3) is 1.00. The Morgan fingerprint density at radius 2 is 2.09 bits per heavy atom. The summed E-state index contributed by atoms with van der Waals surface area (Å²) in [5.74, 6) is 0.919. The molecule has 1 aliphatic carbocycles. The molecule has 0 aromatic rings. The topological polar surface area (TPSA) is 21.3 Å². The predicted octanol–water partition coefficient (Wildman–Crippen LogP) is 1.16. The zero-order valence-corrected chi connectivity index (χ0v) is 7.18. The van der Waals surface area contributed by atoms with Gasteiger partial charge in [-0.2, -0.15) is 0 Å². The summed E-state index contributed by atoms with van der Waals surface area (Å²) in [5, 5.41) is 3.53. The Bertz CT molecular complexity index is 134. The van der Waals surface area contributed by atoms with E-state index in [4.69, 9.17) is 4.74 Å². The SMILES string of the molecule is COC1CCNC1C1CCC1. The van der Waals surface area contributed by atoms with Crippen LogP contribution >= 0.6 is 0 Å². The minimum absolute atomic E-state index is 0.500. The molecular weight excluding hydrogens is 138 g/mol. The first-order valence-corrected chi connectivity index (χ1v) is 4.68. The molecule has 1 saturated heterocycles.